The SMILES string of the molecule is CCC(CCNC(=O)NC1(C)CCC1)CCC(=O)O. The minimum Gasteiger partial charge on any atom is -0.481 e. The van der Waals surface area contributed by atoms with E-state index in [9.17, 15) is 9.59 Å². The summed E-state index contributed by atoms with van der Waals surface area (Å²) >= 11 is 0. The summed E-state index contributed by atoms with van der Waals surface area (Å²) in [4.78, 5) is 22.2. The molecule has 0 bridgehead atoms. The number of carbonyl (C=O) groups excluding carboxylic acids is 1. The van der Waals surface area contributed by atoms with Crippen LogP contribution in [0.3, 0.4) is 0 Å². The summed E-state index contributed by atoms with van der Waals surface area (Å²) in [7, 11) is 0. The molecule has 0 heterocycles. The van der Waals surface area contributed by atoms with Gasteiger partial charge in [-0.05, 0) is 44.9 Å². The van der Waals surface area contributed by atoms with Crippen LogP contribution >= 0.6 is 0 Å². The average molecular weight is 270 g/mol. The lowest BCUT2D eigenvalue weighted by Crippen LogP contribution is -2.54. The van der Waals surface area contributed by atoms with Crippen LogP contribution in [0.5, 0.6) is 0 Å². The second-order valence-corrected chi connectivity index (χ2v) is 5.79. The number of nitrogens with one attached hydrogen (secondary N) is 2. The summed E-state index contributed by atoms with van der Waals surface area (Å²) in [6, 6.07) is -0.102. The molecule has 3 N–H and O–H groups in total. The quantitative estimate of drug-likeness (QED) is 0.634. The summed E-state index contributed by atoms with van der Waals surface area (Å²) in [5.41, 5.74) is -0.0163. The van der Waals surface area contributed by atoms with Crippen LogP contribution in [0, 0.1) is 5.92 Å². The first-order valence-electron chi connectivity index (χ1n) is 7.23. The van der Waals surface area contributed by atoms with E-state index in [1.807, 2.05) is 0 Å². The number of hydrogen-bond acceptors (Lipinski definition) is 2. The van der Waals surface area contributed by atoms with E-state index < -0.39 is 5.97 Å². The van der Waals surface area contributed by atoms with Gasteiger partial charge in [0.25, 0.3) is 0 Å². The standard InChI is InChI=1S/C14H26N2O3/c1-3-11(5-6-12(17)18)7-10-15-13(19)16-14(2)8-4-9-14/h11H,3-10H2,1-2H3,(H,17,18)(H2,15,16,19). The predicted octanol–water partition coefficient (Wildman–Crippen LogP) is 2.51. The Morgan fingerprint density at radius 2 is 2.00 bits per heavy atom. The van der Waals surface area contributed by atoms with Gasteiger partial charge in [-0.1, -0.05) is 13.3 Å². The Bertz CT molecular complexity index is 314. The Labute approximate surface area is 115 Å². The van der Waals surface area contributed by atoms with Gasteiger partial charge in [-0.15, -0.1) is 0 Å². The minimum atomic E-state index is -0.748. The van der Waals surface area contributed by atoms with Gasteiger partial charge in [0.15, 0.2) is 0 Å². The highest BCUT2D eigenvalue weighted by Gasteiger charge is 2.32. The highest BCUT2D eigenvalue weighted by atomic mass is 16.4. The van der Waals surface area contributed by atoms with E-state index in [4.69, 9.17) is 5.11 Å². The van der Waals surface area contributed by atoms with Crippen molar-refractivity contribution in [2.45, 2.75) is 64.3 Å². The largest absolute Gasteiger partial charge is 0.481 e. The van der Waals surface area contributed by atoms with Gasteiger partial charge in [-0.3, -0.25) is 4.79 Å². The van der Waals surface area contributed by atoms with Crippen molar-refractivity contribution in [2.75, 3.05) is 6.54 Å². The van der Waals surface area contributed by atoms with Gasteiger partial charge >= 0.3 is 12.0 Å². The molecule has 0 aromatic heterocycles. The number of hydrogen-bond donors (Lipinski definition) is 3. The second kappa shape index (κ2) is 7.36. The molecule has 1 unspecified atom stereocenters. The van der Waals surface area contributed by atoms with Gasteiger partial charge in [0.2, 0.25) is 0 Å². The second-order valence-electron chi connectivity index (χ2n) is 5.79. The molecule has 19 heavy (non-hydrogen) atoms. The molecule has 1 atom stereocenters. The Morgan fingerprint density at radius 3 is 2.47 bits per heavy atom. The smallest absolute Gasteiger partial charge is 0.315 e. The number of urea groups is 1. The first-order chi connectivity index (χ1) is 8.95. The third kappa shape index (κ3) is 5.94. The molecule has 1 rings (SSSR count). The number of rotatable bonds is 8. The summed E-state index contributed by atoms with van der Waals surface area (Å²) in [6.45, 7) is 4.74. The topological polar surface area (TPSA) is 78.4 Å². The lowest BCUT2D eigenvalue weighted by molar-refractivity contribution is -0.137. The van der Waals surface area contributed by atoms with Crippen LogP contribution in [0.15, 0.2) is 0 Å². The van der Waals surface area contributed by atoms with Crippen LogP contribution in [-0.2, 0) is 4.79 Å². The molecule has 0 aliphatic heterocycles. The minimum absolute atomic E-state index is 0.0163. The first-order valence-corrected chi connectivity index (χ1v) is 7.23. The van der Waals surface area contributed by atoms with Crippen LogP contribution in [0.4, 0.5) is 4.79 Å². The molecule has 2 amide bonds. The highest BCUT2D eigenvalue weighted by molar-refractivity contribution is 5.74. The average Bonchev–Trinajstić information content (AvgIpc) is 2.31. The molecule has 1 saturated carbocycles. The lowest BCUT2D eigenvalue weighted by atomic mass is 9.79. The molecule has 0 aromatic rings. The van der Waals surface area contributed by atoms with Crippen LogP contribution in [-0.4, -0.2) is 29.2 Å². The van der Waals surface area contributed by atoms with Crippen molar-refractivity contribution in [3.05, 3.63) is 0 Å². The lowest BCUT2D eigenvalue weighted by Gasteiger charge is -2.39. The molecule has 0 radical (unpaired) electrons. The fourth-order valence-corrected chi connectivity index (χ4v) is 2.42. The molecule has 110 valence electrons. The molecule has 0 saturated heterocycles. The third-order valence-electron chi connectivity index (χ3n) is 4.05. The zero-order valence-electron chi connectivity index (χ0n) is 12.0. The van der Waals surface area contributed by atoms with Gasteiger partial charge in [0.1, 0.15) is 0 Å². The molecular formula is C14H26N2O3. The maximum atomic E-state index is 11.7. The van der Waals surface area contributed by atoms with Crippen molar-refractivity contribution in [3.63, 3.8) is 0 Å². The van der Waals surface area contributed by atoms with E-state index >= 15 is 0 Å². The van der Waals surface area contributed by atoms with Gasteiger partial charge in [0, 0.05) is 18.5 Å². The summed E-state index contributed by atoms with van der Waals surface area (Å²) in [6.07, 6.45) is 5.98. The van der Waals surface area contributed by atoms with Crippen molar-refractivity contribution >= 4 is 12.0 Å². The molecule has 5 nitrogen and oxygen atoms in total. The van der Waals surface area contributed by atoms with Crippen LogP contribution in [0.1, 0.15) is 58.8 Å². The van der Waals surface area contributed by atoms with Gasteiger partial charge in [-0.25, -0.2) is 4.79 Å². The van der Waals surface area contributed by atoms with E-state index in [2.05, 4.69) is 24.5 Å². The van der Waals surface area contributed by atoms with Crippen molar-refractivity contribution in [1.82, 2.24) is 10.6 Å². The molecule has 0 spiro atoms. The van der Waals surface area contributed by atoms with Crippen molar-refractivity contribution in [1.29, 1.82) is 0 Å². The Balaban J connectivity index is 2.13. The normalized spacial score (nSPS) is 18.2. The Hall–Kier alpha value is -1.26. The summed E-state index contributed by atoms with van der Waals surface area (Å²) in [5, 5.41) is 14.5. The zero-order chi connectivity index (χ0) is 14.3. The third-order valence-corrected chi connectivity index (χ3v) is 4.05. The molecule has 5 heteroatoms. The maximum Gasteiger partial charge on any atom is 0.315 e. The van der Waals surface area contributed by atoms with Gasteiger partial charge in [0.05, 0.1) is 0 Å². The van der Waals surface area contributed by atoms with Crippen molar-refractivity contribution in [2.24, 2.45) is 5.92 Å². The van der Waals surface area contributed by atoms with E-state index in [1.54, 1.807) is 0 Å². The van der Waals surface area contributed by atoms with E-state index in [0.29, 0.717) is 18.9 Å². The molecule has 1 aliphatic rings. The molecular weight excluding hydrogens is 244 g/mol. The van der Waals surface area contributed by atoms with Crippen LogP contribution in [0.2, 0.25) is 0 Å². The number of carboxylic acid groups (broad SMARTS) is 1. The summed E-state index contributed by atoms with van der Waals surface area (Å²) < 4.78 is 0. The van der Waals surface area contributed by atoms with Gasteiger partial charge in [-0.2, -0.15) is 0 Å². The fraction of sp³-hybridized carbons (Fsp3) is 0.857. The van der Waals surface area contributed by atoms with E-state index in [0.717, 1.165) is 25.7 Å². The maximum absolute atomic E-state index is 11.7. The Morgan fingerprint density at radius 1 is 1.32 bits per heavy atom. The number of carbonyl (C=O) groups is 2. The monoisotopic (exact) mass is 270 g/mol. The molecule has 0 aromatic carbocycles. The van der Waals surface area contributed by atoms with E-state index in [1.165, 1.54) is 6.42 Å². The predicted molar refractivity (Wildman–Crippen MR) is 74.1 cm³/mol. The number of carboxylic acids is 1. The highest BCUT2D eigenvalue weighted by Crippen LogP contribution is 2.30. The van der Waals surface area contributed by atoms with Crippen LogP contribution in [0.25, 0.3) is 0 Å². The van der Waals surface area contributed by atoms with Crippen molar-refractivity contribution in [3.8, 4) is 0 Å². The number of aliphatic carboxylic acids is 1. The zero-order valence-corrected chi connectivity index (χ0v) is 12.0. The molecule has 1 aliphatic carbocycles. The van der Waals surface area contributed by atoms with Gasteiger partial charge < -0.3 is 15.7 Å². The Kier molecular flexibility index (Phi) is 6.12. The summed E-state index contributed by atoms with van der Waals surface area (Å²) in [5.74, 6) is -0.377. The van der Waals surface area contributed by atoms with Crippen molar-refractivity contribution < 1.29 is 14.7 Å². The molecule has 1 fully saturated rings. The fourth-order valence-electron chi connectivity index (χ4n) is 2.42. The number of amides is 2. The van der Waals surface area contributed by atoms with Crippen LogP contribution < -0.4 is 10.6 Å². The van der Waals surface area contributed by atoms with E-state index in [-0.39, 0.29) is 18.0 Å². The first kappa shape index (κ1) is 15.8.